The molecule has 0 saturated heterocycles. The first-order valence-electron chi connectivity index (χ1n) is 5.93. The van der Waals surface area contributed by atoms with E-state index in [-0.39, 0.29) is 0 Å². The molecule has 1 rings (SSSR count). The summed E-state index contributed by atoms with van der Waals surface area (Å²) in [7, 11) is 3.51. The molecule has 0 saturated carbocycles. The molecule has 1 unspecified atom stereocenters. The minimum atomic E-state index is -0.444. The Kier molecular flexibility index (Phi) is 5.72. The molecule has 0 aliphatic carbocycles. The van der Waals surface area contributed by atoms with Crippen LogP contribution in [0, 0.1) is 6.92 Å². The molecule has 1 atom stereocenters. The molecule has 1 aromatic carbocycles. The molecule has 0 bridgehead atoms. The third-order valence-corrected chi connectivity index (χ3v) is 3.26. The average molecular weight is 273 g/mol. The summed E-state index contributed by atoms with van der Waals surface area (Å²) in [6.45, 7) is 2.93. The molecule has 0 heterocycles. The van der Waals surface area contributed by atoms with E-state index in [9.17, 15) is 5.11 Å². The van der Waals surface area contributed by atoms with Crippen LogP contribution in [-0.2, 0) is 0 Å². The summed E-state index contributed by atoms with van der Waals surface area (Å²) in [6.07, 6.45) is 0.139. The summed E-state index contributed by atoms with van der Waals surface area (Å²) in [5, 5.41) is 10.5. The Labute approximate surface area is 113 Å². The quantitative estimate of drug-likeness (QED) is 0.829. The molecular weight excluding hydrogens is 252 g/mol. The number of likely N-dealkylation sites (N-methyl/N-ethyl adjacent to an activating group) is 1. The highest BCUT2D eigenvalue weighted by Crippen LogP contribution is 2.33. The molecule has 1 aromatic rings. The van der Waals surface area contributed by atoms with Crippen LogP contribution in [0.3, 0.4) is 0 Å². The lowest BCUT2D eigenvalue weighted by Gasteiger charge is -2.25. The summed E-state index contributed by atoms with van der Waals surface area (Å²) in [4.78, 5) is 1.95. The molecule has 102 valence electrons. The van der Waals surface area contributed by atoms with Crippen molar-refractivity contribution in [1.29, 1.82) is 0 Å². The number of ether oxygens (including phenoxy) is 1. The second-order valence-electron chi connectivity index (χ2n) is 4.38. The first kappa shape index (κ1) is 15.1. The Morgan fingerprint density at radius 3 is 2.72 bits per heavy atom. The molecule has 18 heavy (non-hydrogen) atoms. The monoisotopic (exact) mass is 272 g/mol. The van der Waals surface area contributed by atoms with Crippen molar-refractivity contribution >= 4 is 17.3 Å². The Hall–Kier alpha value is -0.970. The van der Waals surface area contributed by atoms with Crippen LogP contribution in [0.5, 0.6) is 5.75 Å². The Bertz CT molecular complexity index is 399. The fourth-order valence-electron chi connectivity index (χ4n) is 1.81. The highest BCUT2D eigenvalue weighted by atomic mass is 35.5. The third kappa shape index (κ3) is 3.77. The molecule has 0 amide bonds. The van der Waals surface area contributed by atoms with E-state index < -0.39 is 6.10 Å². The Balaban J connectivity index is 2.90. The van der Waals surface area contributed by atoms with Gasteiger partial charge >= 0.3 is 0 Å². The average Bonchev–Trinajstić information content (AvgIpc) is 2.32. The van der Waals surface area contributed by atoms with E-state index in [1.807, 2.05) is 24.9 Å². The molecule has 0 fully saturated rings. The molecule has 0 aliphatic rings. The highest BCUT2D eigenvalue weighted by molar-refractivity contribution is 6.31. The lowest BCUT2D eigenvalue weighted by atomic mass is 10.1. The minimum Gasteiger partial charge on any atom is -0.495 e. The van der Waals surface area contributed by atoms with E-state index in [1.54, 1.807) is 13.2 Å². The number of aryl methyl sites for hydroxylation is 1. The molecule has 4 nitrogen and oxygen atoms in total. The van der Waals surface area contributed by atoms with Crippen LogP contribution in [0.15, 0.2) is 12.1 Å². The Morgan fingerprint density at radius 1 is 1.50 bits per heavy atom. The number of rotatable bonds is 6. The molecule has 0 spiro atoms. The van der Waals surface area contributed by atoms with E-state index in [0.29, 0.717) is 30.3 Å². The van der Waals surface area contributed by atoms with Crippen LogP contribution >= 0.6 is 11.6 Å². The van der Waals surface area contributed by atoms with Crippen molar-refractivity contribution in [2.75, 3.05) is 32.1 Å². The van der Waals surface area contributed by atoms with Crippen molar-refractivity contribution in [3.8, 4) is 5.75 Å². The number of hydrogen-bond donors (Lipinski definition) is 2. The van der Waals surface area contributed by atoms with Crippen molar-refractivity contribution < 1.29 is 9.84 Å². The van der Waals surface area contributed by atoms with Crippen molar-refractivity contribution in [2.24, 2.45) is 5.73 Å². The molecule has 5 heteroatoms. The maximum Gasteiger partial charge on any atom is 0.143 e. The van der Waals surface area contributed by atoms with Gasteiger partial charge in [0.2, 0.25) is 0 Å². The van der Waals surface area contributed by atoms with Gasteiger partial charge in [-0.25, -0.2) is 0 Å². The molecular formula is C13H21ClN2O2. The van der Waals surface area contributed by atoms with Crippen LogP contribution in [0.4, 0.5) is 5.69 Å². The zero-order valence-corrected chi connectivity index (χ0v) is 11.9. The normalized spacial score (nSPS) is 12.3. The van der Waals surface area contributed by atoms with Gasteiger partial charge in [-0.05, 0) is 31.5 Å². The zero-order chi connectivity index (χ0) is 13.7. The summed E-state index contributed by atoms with van der Waals surface area (Å²) < 4.78 is 5.31. The van der Waals surface area contributed by atoms with Gasteiger partial charge in [-0.1, -0.05) is 11.6 Å². The van der Waals surface area contributed by atoms with Gasteiger partial charge in [-0.2, -0.15) is 0 Å². The van der Waals surface area contributed by atoms with Gasteiger partial charge in [0.15, 0.2) is 0 Å². The summed E-state index contributed by atoms with van der Waals surface area (Å²) in [5.74, 6) is 0.702. The number of aliphatic hydroxyl groups excluding tert-OH is 1. The largest absolute Gasteiger partial charge is 0.495 e. The maximum absolute atomic E-state index is 9.78. The summed E-state index contributed by atoms with van der Waals surface area (Å²) in [5.41, 5.74) is 7.31. The van der Waals surface area contributed by atoms with Crippen molar-refractivity contribution in [3.05, 3.63) is 22.7 Å². The molecule has 0 aromatic heterocycles. The van der Waals surface area contributed by atoms with Gasteiger partial charge in [0.25, 0.3) is 0 Å². The first-order valence-corrected chi connectivity index (χ1v) is 6.30. The molecule has 0 radical (unpaired) electrons. The van der Waals surface area contributed by atoms with Gasteiger partial charge in [0, 0.05) is 24.7 Å². The standard InChI is InChI=1S/C13H21ClN2O2/c1-9-6-12(13(18-3)7-11(9)14)16(2)8-10(17)4-5-15/h6-7,10,17H,4-5,8,15H2,1-3H3. The van der Waals surface area contributed by atoms with Crippen LogP contribution in [0.25, 0.3) is 0 Å². The molecule has 0 aliphatic heterocycles. The van der Waals surface area contributed by atoms with E-state index in [2.05, 4.69) is 0 Å². The van der Waals surface area contributed by atoms with E-state index in [4.69, 9.17) is 22.1 Å². The van der Waals surface area contributed by atoms with Crippen LogP contribution < -0.4 is 15.4 Å². The van der Waals surface area contributed by atoms with Crippen LogP contribution in [-0.4, -0.2) is 38.5 Å². The van der Waals surface area contributed by atoms with Gasteiger partial charge in [0.05, 0.1) is 18.9 Å². The predicted molar refractivity (Wildman–Crippen MR) is 75.7 cm³/mol. The highest BCUT2D eigenvalue weighted by Gasteiger charge is 2.14. The van der Waals surface area contributed by atoms with E-state index in [1.165, 1.54) is 0 Å². The number of benzene rings is 1. The number of methoxy groups -OCH3 is 1. The van der Waals surface area contributed by atoms with Gasteiger partial charge < -0.3 is 20.5 Å². The summed E-state index contributed by atoms with van der Waals surface area (Å²) in [6, 6.07) is 3.74. The number of nitrogens with two attached hydrogens (primary N) is 1. The maximum atomic E-state index is 9.78. The zero-order valence-electron chi connectivity index (χ0n) is 11.1. The van der Waals surface area contributed by atoms with Crippen LogP contribution in [0.1, 0.15) is 12.0 Å². The fourth-order valence-corrected chi connectivity index (χ4v) is 1.96. The van der Waals surface area contributed by atoms with E-state index >= 15 is 0 Å². The number of nitrogens with zero attached hydrogens (tertiary/aromatic N) is 1. The fraction of sp³-hybridized carbons (Fsp3) is 0.538. The van der Waals surface area contributed by atoms with Crippen molar-refractivity contribution in [1.82, 2.24) is 0 Å². The number of halogens is 1. The number of aliphatic hydroxyl groups is 1. The van der Waals surface area contributed by atoms with Gasteiger partial charge in [0.1, 0.15) is 5.75 Å². The second-order valence-corrected chi connectivity index (χ2v) is 4.79. The number of hydrogen-bond acceptors (Lipinski definition) is 4. The first-order chi connectivity index (χ1) is 8.49. The van der Waals surface area contributed by atoms with Crippen molar-refractivity contribution in [2.45, 2.75) is 19.4 Å². The van der Waals surface area contributed by atoms with Crippen LogP contribution in [0.2, 0.25) is 5.02 Å². The van der Waals surface area contributed by atoms with Crippen molar-refractivity contribution in [3.63, 3.8) is 0 Å². The summed E-state index contributed by atoms with van der Waals surface area (Å²) >= 11 is 6.06. The number of anilines is 1. The third-order valence-electron chi connectivity index (χ3n) is 2.86. The van der Waals surface area contributed by atoms with Gasteiger partial charge in [-0.15, -0.1) is 0 Å². The van der Waals surface area contributed by atoms with Gasteiger partial charge in [-0.3, -0.25) is 0 Å². The minimum absolute atomic E-state index is 0.444. The SMILES string of the molecule is COc1cc(Cl)c(C)cc1N(C)CC(O)CCN. The topological polar surface area (TPSA) is 58.7 Å². The lowest BCUT2D eigenvalue weighted by molar-refractivity contribution is 0.174. The van der Waals surface area contributed by atoms with E-state index in [0.717, 1.165) is 11.3 Å². The lowest BCUT2D eigenvalue weighted by Crippen LogP contribution is -2.30. The predicted octanol–water partition coefficient (Wildman–Crippen LogP) is 1.80. The molecule has 3 N–H and O–H groups in total. The Morgan fingerprint density at radius 2 is 2.17 bits per heavy atom. The second kappa shape index (κ2) is 6.83. The smallest absolute Gasteiger partial charge is 0.143 e.